The molecule has 4 heteroatoms. The summed E-state index contributed by atoms with van der Waals surface area (Å²) >= 11 is 0. The van der Waals surface area contributed by atoms with Gasteiger partial charge in [-0.1, -0.05) is 63.3 Å². The molecule has 0 saturated heterocycles. The minimum atomic E-state index is -0.754. The van der Waals surface area contributed by atoms with Gasteiger partial charge in [-0.3, -0.25) is 4.79 Å². The van der Waals surface area contributed by atoms with E-state index in [9.17, 15) is 9.90 Å². The maximum absolute atomic E-state index is 11.8. The molecule has 1 aromatic heterocycles. The second-order valence-electron chi connectivity index (χ2n) is 10.7. The Morgan fingerprint density at radius 3 is 2.50 bits per heavy atom. The van der Waals surface area contributed by atoms with E-state index < -0.39 is 11.9 Å². The van der Waals surface area contributed by atoms with Crippen LogP contribution in [0.3, 0.4) is 0 Å². The van der Waals surface area contributed by atoms with Crippen molar-refractivity contribution in [2.75, 3.05) is 14.1 Å². The van der Waals surface area contributed by atoms with Crippen molar-refractivity contribution in [2.24, 2.45) is 17.3 Å². The summed E-state index contributed by atoms with van der Waals surface area (Å²) in [6, 6.07) is 10.6. The Balaban J connectivity index is 1.94. The van der Waals surface area contributed by atoms with Gasteiger partial charge < -0.3 is 14.6 Å². The molecule has 0 fully saturated rings. The van der Waals surface area contributed by atoms with Crippen LogP contribution >= 0.6 is 0 Å². The number of aliphatic carboxylic acids is 1. The lowest BCUT2D eigenvalue weighted by Crippen LogP contribution is -2.28. The SMILES string of the molecule is CN(C)Cc1c2c(n(C3=CC=CC(C(=O)O)C3)c1-c1ccccc1)CCC(C(C)(C)C)C2. The Hall–Kier alpha value is -2.59. The molecule has 1 heterocycles. The van der Waals surface area contributed by atoms with Crippen molar-refractivity contribution in [3.05, 3.63) is 65.4 Å². The molecule has 4 nitrogen and oxygen atoms in total. The number of hydrogen-bond donors (Lipinski definition) is 1. The molecule has 0 amide bonds. The number of allylic oxidation sites excluding steroid dienone is 3. The molecule has 2 unspecified atom stereocenters. The van der Waals surface area contributed by atoms with Crippen molar-refractivity contribution in [3.63, 3.8) is 0 Å². The fraction of sp³-hybridized carbons (Fsp3) is 0.464. The lowest BCUT2D eigenvalue weighted by atomic mass is 9.71. The monoisotopic (exact) mass is 432 g/mol. The van der Waals surface area contributed by atoms with Gasteiger partial charge in [-0.2, -0.15) is 0 Å². The minimum absolute atomic E-state index is 0.267. The number of nitrogens with zero attached hydrogens (tertiary/aromatic N) is 2. The standard InChI is InChI=1S/C28H36N2O2/c1-28(2,3)21-14-15-25-23(17-21)24(18-29(4)5)26(19-10-7-6-8-11-19)30(25)22-13-9-12-20(16-22)27(31)32/h6-13,20-21H,14-18H2,1-5H3,(H,31,32). The van der Waals surface area contributed by atoms with Crippen molar-refractivity contribution in [3.8, 4) is 11.3 Å². The van der Waals surface area contributed by atoms with Crippen LogP contribution in [-0.2, 0) is 24.2 Å². The van der Waals surface area contributed by atoms with E-state index in [1.54, 1.807) is 6.08 Å². The Kier molecular flexibility index (Phi) is 6.17. The molecule has 2 atom stereocenters. The first-order chi connectivity index (χ1) is 15.2. The van der Waals surface area contributed by atoms with E-state index in [1.165, 1.54) is 34.5 Å². The molecule has 2 aromatic rings. The number of rotatable bonds is 5. The van der Waals surface area contributed by atoms with Gasteiger partial charge in [-0.15, -0.1) is 0 Å². The average molecular weight is 433 g/mol. The fourth-order valence-corrected chi connectivity index (χ4v) is 5.32. The highest BCUT2D eigenvalue weighted by molar-refractivity contribution is 5.79. The first kappa shape index (κ1) is 22.6. The molecule has 0 radical (unpaired) electrons. The summed E-state index contributed by atoms with van der Waals surface area (Å²) in [4.78, 5) is 14.0. The predicted molar refractivity (Wildman–Crippen MR) is 131 cm³/mol. The molecule has 0 saturated carbocycles. The summed E-state index contributed by atoms with van der Waals surface area (Å²) < 4.78 is 2.42. The van der Waals surface area contributed by atoms with Gasteiger partial charge in [-0.05, 0) is 67.5 Å². The topological polar surface area (TPSA) is 45.5 Å². The Morgan fingerprint density at radius 1 is 1.16 bits per heavy atom. The first-order valence-electron chi connectivity index (χ1n) is 11.7. The van der Waals surface area contributed by atoms with E-state index >= 15 is 0 Å². The molecule has 2 aliphatic rings. The maximum atomic E-state index is 11.8. The number of carboxylic acids is 1. The van der Waals surface area contributed by atoms with Crippen LogP contribution in [0.1, 0.15) is 50.4 Å². The van der Waals surface area contributed by atoms with Crippen LogP contribution in [0.15, 0.2) is 48.6 Å². The lowest BCUT2D eigenvalue weighted by Gasteiger charge is -2.35. The second-order valence-corrected chi connectivity index (χ2v) is 10.7. The van der Waals surface area contributed by atoms with Gasteiger partial charge in [0.1, 0.15) is 0 Å². The van der Waals surface area contributed by atoms with Crippen molar-refractivity contribution in [1.82, 2.24) is 9.47 Å². The largest absolute Gasteiger partial charge is 0.481 e. The molecule has 2 aliphatic carbocycles. The zero-order valence-electron chi connectivity index (χ0n) is 20.1. The van der Waals surface area contributed by atoms with Crippen molar-refractivity contribution in [1.29, 1.82) is 0 Å². The molecule has 0 spiro atoms. The quantitative estimate of drug-likeness (QED) is 0.643. The Morgan fingerprint density at radius 2 is 1.88 bits per heavy atom. The van der Waals surface area contributed by atoms with Crippen LogP contribution in [-0.4, -0.2) is 34.6 Å². The molecular formula is C28H36N2O2. The highest BCUT2D eigenvalue weighted by Crippen LogP contribution is 2.45. The summed E-state index contributed by atoms with van der Waals surface area (Å²) in [5.74, 6) is -0.585. The first-order valence-corrected chi connectivity index (χ1v) is 11.7. The Bertz CT molecular complexity index is 1050. The maximum Gasteiger partial charge on any atom is 0.310 e. The molecule has 32 heavy (non-hydrogen) atoms. The number of aromatic nitrogens is 1. The molecule has 0 aliphatic heterocycles. The summed E-state index contributed by atoms with van der Waals surface area (Å²) in [5.41, 5.74) is 8.06. The van der Waals surface area contributed by atoms with Gasteiger partial charge in [0.2, 0.25) is 0 Å². The normalized spacial score (nSPS) is 20.9. The average Bonchev–Trinajstić information content (AvgIpc) is 3.07. The summed E-state index contributed by atoms with van der Waals surface area (Å²) in [7, 11) is 4.26. The number of carbonyl (C=O) groups is 1. The van der Waals surface area contributed by atoms with Gasteiger partial charge in [0, 0.05) is 24.4 Å². The predicted octanol–water partition coefficient (Wildman–Crippen LogP) is 5.87. The van der Waals surface area contributed by atoms with E-state index in [1.807, 2.05) is 6.08 Å². The summed E-state index contributed by atoms with van der Waals surface area (Å²) in [6.45, 7) is 7.95. The highest BCUT2D eigenvalue weighted by Gasteiger charge is 2.35. The molecule has 170 valence electrons. The van der Waals surface area contributed by atoms with Crippen LogP contribution in [0.5, 0.6) is 0 Å². The van der Waals surface area contributed by atoms with Crippen LogP contribution in [0.25, 0.3) is 17.0 Å². The number of hydrogen-bond acceptors (Lipinski definition) is 2. The third-order valence-electron chi connectivity index (χ3n) is 7.08. The van der Waals surface area contributed by atoms with Crippen molar-refractivity contribution < 1.29 is 9.90 Å². The Labute approximate surface area is 192 Å². The van der Waals surface area contributed by atoms with Gasteiger partial charge in [-0.25, -0.2) is 0 Å². The van der Waals surface area contributed by atoms with Gasteiger partial charge in [0.05, 0.1) is 11.6 Å². The zero-order chi connectivity index (χ0) is 23.0. The van der Waals surface area contributed by atoms with E-state index in [2.05, 4.69) is 80.7 Å². The van der Waals surface area contributed by atoms with E-state index in [0.717, 1.165) is 25.1 Å². The summed E-state index contributed by atoms with van der Waals surface area (Å²) in [5, 5.41) is 9.68. The number of carboxylic acid groups (broad SMARTS) is 1. The highest BCUT2D eigenvalue weighted by atomic mass is 16.4. The van der Waals surface area contributed by atoms with Crippen LogP contribution in [0.4, 0.5) is 0 Å². The third-order valence-corrected chi connectivity index (χ3v) is 7.08. The fourth-order valence-electron chi connectivity index (χ4n) is 5.32. The van der Waals surface area contributed by atoms with Crippen LogP contribution in [0.2, 0.25) is 0 Å². The molecular weight excluding hydrogens is 396 g/mol. The lowest BCUT2D eigenvalue weighted by molar-refractivity contribution is -0.139. The van der Waals surface area contributed by atoms with Crippen molar-refractivity contribution >= 4 is 11.7 Å². The second kappa shape index (κ2) is 8.74. The third kappa shape index (κ3) is 4.33. The van der Waals surface area contributed by atoms with Crippen LogP contribution < -0.4 is 0 Å². The number of fused-ring (bicyclic) bond motifs is 1. The smallest absolute Gasteiger partial charge is 0.310 e. The van der Waals surface area contributed by atoms with Gasteiger partial charge in [0.15, 0.2) is 0 Å². The molecule has 4 rings (SSSR count). The molecule has 1 N–H and O–H groups in total. The zero-order valence-corrected chi connectivity index (χ0v) is 20.1. The van der Waals surface area contributed by atoms with Gasteiger partial charge >= 0.3 is 5.97 Å². The minimum Gasteiger partial charge on any atom is -0.481 e. The van der Waals surface area contributed by atoms with Gasteiger partial charge in [0.25, 0.3) is 0 Å². The number of benzene rings is 1. The van der Waals surface area contributed by atoms with E-state index in [-0.39, 0.29) is 5.41 Å². The van der Waals surface area contributed by atoms with E-state index in [4.69, 9.17) is 0 Å². The molecule has 1 aromatic carbocycles. The molecule has 0 bridgehead atoms. The van der Waals surface area contributed by atoms with E-state index in [0.29, 0.717) is 12.3 Å². The van der Waals surface area contributed by atoms with Crippen molar-refractivity contribution in [2.45, 2.75) is 53.0 Å². The van der Waals surface area contributed by atoms with Crippen LogP contribution in [0, 0.1) is 17.3 Å². The summed E-state index contributed by atoms with van der Waals surface area (Å²) in [6.07, 6.45) is 9.65.